The van der Waals surface area contributed by atoms with Crippen LogP contribution in [0.4, 0.5) is 0 Å². The molecule has 0 radical (unpaired) electrons. The predicted molar refractivity (Wildman–Crippen MR) is 76.8 cm³/mol. The number of rotatable bonds is 5. The van der Waals surface area contributed by atoms with E-state index in [-0.39, 0.29) is 4.90 Å². The van der Waals surface area contributed by atoms with Gasteiger partial charge in [-0.1, -0.05) is 0 Å². The molecule has 1 rings (SSSR count). The predicted octanol–water partition coefficient (Wildman–Crippen LogP) is 2.65. The minimum absolute atomic E-state index is 0.0113. The SMILES string of the molecule is C#CCCCOc1c(Br)cc(S(N)(=O)=O)cc1Br. The third kappa shape index (κ3) is 4.28. The molecule has 18 heavy (non-hydrogen) atoms. The van der Waals surface area contributed by atoms with E-state index < -0.39 is 10.0 Å². The highest BCUT2D eigenvalue weighted by Crippen LogP contribution is 2.35. The first-order chi connectivity index (χ1) is 8.36. The van der Waals surface area contributed by atoms with E-state index in [1.807, 2.05) is 0 Å². The van der Waals surface area contributed by atoms with E-state index in [1.54, 1.807) is 0 Å². The van der Waals surface area contributed by atoms with E-state index in [9.17, 15) is 8.42 Å². The Balaban J connectivity index is 2.93. The van der Waals surface area contributed by atoms with Gasteiger partial charge in [-0.25, -0.2) is 13.6 Å². The fourth-order valence-corrected chi connectivity index (χ4v) is 3.47. The Hall–Kier alpha value is -0.550. The van der Waals surface area contributed by atoms with E-state index in [0.29, 0.717) is 27.7 Å². The molecule has 1 aromatic rings. The van der Waals surface area contributed by atoms with Gasteiger partial charge in [0, 0.05) is 6.42 Å². The fourth-order valence-electron chi connectivity index (χ4n) is 1.19. The van der Waals surface area contributed by atoms with Crippen LogP contribution in [0.5, 0.6) is 5.75 Å². The molecule has 0 aliphatic rings. The van der Waals surface area contributed by atoms with Crippen molar-refractivity contribution in [2.75, 3.05) is 6.61 Å². The maximum Gasteiger partial charge on any atom is 0.238 e. The maximum absolute atomic E-state index is 11.2. The molecule has 7 heteroatoms. The molecule has 0 heterocycles. The summed E-state index contributed by atoms with van der Waals surface area (Å²) in [6.07, 6.45) is 6.49. The number of sulfonamides is 1. The van der Waals surface area contributed by atoms with Crippen LogP contribution in [0, 0.1) is 12.3 Å². The second-order valence-corrected chi connectivity index (χ2v) is 6.69. The molecule has 0 aliphatic carbocycles. The summed E-state index contributed by atoms with van der Waals surface area (Å²) in [6, 6.07) is 2.80. The summed E-state index contributed by atoms with van der Waals surface area (Å²) in [5.41, 5.74) is 0. The summed E-state index contributed by atoms with van der Waals surface area (Å²) in [4.78, 5) is 0.0113. The molecule has 98 valence electrons. The van der Waals surface area contributed by atoms with Crippen molar-refractivity contribution >= 4 is 41.9 Å². The summed E-state index contributed by atoms with van der Waals surface area (Å²) in [7, 11) is -3.74. The zero-order valence-electron chi connectivity index (χ0n) is 9.32. The largest absolute Gasteiger partial charge is 0.491 e. The molecule has 0 saturated carbocycles. The van der Waals surface area contributed by atoms with Gasteiger partial charge in [-0.15, -0.1) is 12.3 Å². The van der Waals surface area contributed by atoms with Crippen molar-refractivity contribution in [1.29, 1.82) is 0 Å². The lowest BCUT2D eigenvalue weighted by molar-refractivity contribution is 0.309. The summed E-state index contributed by atoms with van der Waals surface area (Å²) >= 11 is 6.49. The van der Waals surface area contributed by atoms with Gasteiger partial charge in [-0.05, 0) is 50.4 Å². The molecule has 4 nitrogen and oxygen atoms in total. The minimum Gasteiger partial charge on any atom is -0.491 e. The van der Waals surface area contributed by atoms with E-state index in [2.05, 4.69) is 37.8 Å². The molecule has 0 fully saturated rings. The van der Waals surface area contributed by atoms with Gasteiger partial charge in [0.2, 0.25) is 10.0 Å². The van der Waals surface area contributed by atoms with Crippen LogP contribution in [0.2, 0.25) is 0 Å². The second kappa shape index (κ2) is 6.57. The van der Waals surface area contributed by atoms with Crippen molar-refractivity contribution < 1.29 is 13.2 Å². The molecule has 2 N–H and O–H groups in total. The first-order valence-electron chi connectivity index (χ1n) is 4.94. The van der Waals surface area contributed by atoms with Crippen LogP contribution in [0.25, 0.3) is 0 Å². The van der Waals surface area contributed by atoms with Crippen LogP contribution >= 0.6 is 31.9 Å². The first-order valence-corrected chi connectivity index (χ1v) is 8.07. The van der Waals surface area contributed by atoms with Gasteiger partial charge < -0.3 is 4.74 Å². The standard InChI is InChI=1S/C11H11Br2NO3S/c1-2-3-4-5-17-11-9(12)6-8(7-10(11)13)18(14,15)16/h1,6-7H,3-5H2,(H2,14,15,16). The molecule has 0 aromatic heterocycles. The summed E-state index contributed by atoms with van der Waals surface area (Å²) in [5, 5.41) is 5.05. The average Bonchev–Trinajstić information content (AvgIpc) is 2.25. The van der Waals surface area contributed by atoms with E-state index in [4.69, 9.17) is 16.3 Å². The van der Waals surface area contributed by atoms with Crippen LogP contribution in [0.1, 0.15) is 12.8 Å². The van der Waals surface area contributed by atoms with Crippen LogP contribution in [-0.4, -0.2) is 15.0 Å². The number of terminal acetylenes is 1. The Kier molecular flexibility index (Phi) is 5.66. The van der Waals surface area contributed by atoms with Crippen LogP contribution < -0.4 is 9.88 Å². The number of hydrogen-bond donors (Lipinski definition) is 1. The number of halogens is 2. The lowest BCUT2D eigenvalue weighted by atomic mass is 10.3. The van der Waals surface area contributed by atoms with Crippen molar-refractivity contribution in [3.05, 3.63) is 21.1 Å². The van der Waals surface area contributed by atoms with Crippen molar-refractivity contribution in [3.8, 4) is 18.1 Å². The molecule has 0 aliphatic heterocycles. The van der Waals surface area contributed by atoms with Gasteiger partial charge in [0.1, 0.15) is 5.75 Å². The molecule has 0 spiro atoms. The number of primary sulfonamides is 1. The van der Waals surface area contributed by atoms with Gasteiger partial charge in [0.05, 0.1) is 20.4 Å². The molecule has 0 bridgehead atoms. The topological polar surface area (TPSA) is 69.4 Å². The molecular weight excluding hydrogens is 386 g/mol. The quantitative estimate of drug-likeness (QED) is 0.614. The highest BCUT2D eigenvalue weighted by Gasteiger charge is 2.15. The number of benzene rings is 1. The average molecular weight is 397 g/mol. The fraction of sp³-hybridized carbons (Fsp3) is 0.273. The Morgan fingerprint density at radius 3 is 2.33 bits per heavy atom. The molecule has 0 unspecified atom stereocenters. The number of ether oxygens (including phenoxy) is 1. The smallest absolute Gasteiger partial charge is 0.238 e. The lowest BCUT2D eigenvalue weighted by Gasteiger charge is -2.11. The Morgan fingerprint density at radius 1 is 1.33 bits per heavy atom. The van der Waals surface area contributed by atoms with Gasteiger partial charge in [0.15, 0.2) is 0 Å². The van der Waals surface area contributed by atoms with Crippen LogP contribution in [0.3, 0.4) is 0 Å². The first kappa shape index (κ1) is 15.5. The van der Waals surface area contributed by atoms with E-state index >= 15 is 0 Å². The summed E-state index contributed by atoms with van der Waals surface area (Å²) in [5.74, 6) is 3.04. The van der Waals surface area contributed by atoms with Gasteiger partial charge in [-0.3, -0.25) is 0 Å². The van der Waals surface area contributed by atoms with Crippen LogP contribution in [-0.2, 0) is 10.0 Å². The lowest BCUT2D eigenvalue weighted by Crippen LogP contribution is -2.12. The second-order valence-electron chi connectivity index (χ2n) is 3.42. The maximum atomic E-state index is 11.2. The molecule has 1 aromatic carbocycles. The van der Waals surface area contributed by atoms with Gasteiger partial charge in [-0.2, -0.15) is 0 Å². The van der Waals surface area contributed by atoms with E-state index in [1.165, 1.54) is 12.1 Å². The number of unbranched alkanes of at least 4 members (excludes halogenated alkanes) is 1. The summed E-state index contributed by atoms with van der Waals surface area (Å²) in [6.45, 7) is 0.454. The number of hydrogen-bond acceptors (Lipinski definition) is 3. The zero-order chi connectivity index (χ0) is 13.8. The van der Waals surface area contributed by atoms with Crippen molar-refractivity contribution in [3.63, 3.8) is 0 Å². The molecule has 0 saturated heterocycles. The zero-order valence-corrected chi connectivity index (χ0v) is 13.3. The third-order valence-electron chi connectivity index (χ3n) is 2.01. The molecule has 0 atom stereocenters. The monoisotopic (exact) mass is 395 g/mol. The van der Waals surface area contributed by atoms with Gasteiger partial charge >= 0.3 is 0 Å². The Morgan fingerprint density at radius 2 is 1.89 bits per heavy atom. The third-order valence-corrected chi connectivity index (χ3v) is 4.08. The minimum atomic E-state index is -3.74. The highest BCUT2D eigenvalue weighted by molar-refractivity contribution is 9.11. The van der Waals surface area contributed by atoms with Gasteiger partial charge in [0.25, 0.3) is 0 Å². The summed E-state index contributed by atoms with van der Waals surface area (Å²) < 4.78 is 29.0. The van der Waals surface area contributed by atoms with Crippen molar-refractivity contribution in [2.24, 2.45) is 5.14 Å². The Labute approximate surface area is 123 Å². The Bertz CT molecular complexity index is 555. The van der Waals surface area contributed by atoms with Crippen molar-refractivity contribution in [2.45, 2.75) is 17.7 Å². The molecule has 0 amide bonds. The van der Waals surface area contributed by atoms with E-state index in [0.717, 1.165) is 6.42 Å². The normalized spacial score (nSPS) is 11.0. The molecular formula is C11H11Br2NO3S. The highest BCUT2D eigenvalue weighted by atomic mass is 79.9. The van der Waals surface area contributed by atoms with Crippen molar-refractivity contribution in [1.82, 2.24) is 0 Å². The number of nitrogens with two attached hydrogens (primary N) is 1. The van der Waals surface area contributed by atoms with Crippen LogP contribution in [0.15, 0.2) is 26.0 Å².